The van der Waals surface area contributed by atoms with E-state index >= 15 is 0 Å². The van der Waals surface area contributed by atoms with Crippen LogP contribution in [0.2, 0.25) is 0 Å². The summed E-state index contributed by atoms with van der Waals surface area (Å²) < 4.78 is 1.83. The van der Waals surface area contributed by atoms with Gasteiger partial charge in [-0.1, -0.05) is 0 Å². The van der Waals surface area contributed by atoms with Gasteiger partial charge in [-0.15, -0.1) is 0 Å². The molecule has 0 saturated heterocycles. The minimum atomic E-state index is -0.149. The van der Waals surface area contributed by atoms with E-state index in [0.717, 1.165) is 12.1 Å². The smallest absolute Gasteiger partial charge is 0.234 e. The molecular formula is C8H14N4O. The van der Waals surface area contributed by atoms with Crippen LogP contribution in [0.15, 0.2) is 12.4 Å². The van der Waals surface area contributed by atoms with Crippen LogP contribution in [0.3, 0.4) is 0 Å². The van der Waals surface area contributed by atoms with E-state index in [1.54, 1.807) is 6.20 Å². The molecule has 0 aliphatic heterocycles. The van der Waals surface area contributed by atoms with Gasteiger partial charge in [0.2, 0.25) is 5.91 Å². The molecule has 0 bridgehead atoms. The van der Waals surface area contributed by atoms with Crippen LogP contribution < -0.4 is 11.3 Å². The summed E-state index contributed by atoms with van der Waals surface area (Å²) in [4.78, 5) is 10.8. The lowest BCUT2D eigenvalue weighted by atomic mass is 10.2. The van der Waals surface area contributed by atoms with Gasteiger partial charge in [0.05, 0.1) is 6.20 Å². The van der Waals surface area contributed by atoms with Crippen molar-refractivity contribution in [3.63, 3.8) is 0 Å². The van der Waals surface area contributed by atoms with Crippen LogP contribution in [0.4, 0.5) is 0 Å². The first-order valence-electron chi connectivity index (χ1n) is 4.27. The van der Waals surface area contributed by atoms with Gasteiger partial charge in [-0.2, -0.15) is 5.10 Å². The van der Waals surface area contributed by atoms with E-state index in [0.29, 0.717) is 12.8 Å². The molecule has 0 aliphatic rings. The summed E-state index contributed by atoms with van der Waals surface area (Å²) in [6.07, 6.45) is 4.80. The number of amides is 1. The second kappa shape index (κ2) is 4.61. The number of aromatic nitrogens is 2. The number of nitrogens with two attached hydrogens (primary N) is 1. The SMILES string of the molecule is CCn1cc(CCC(=O)NN)cn1. The molecule has 72 valence electrons. The number of carbonyl (C=O) groups excluding carboxylic acids is 1. The number of nitrogens with one attached hydrogen (secondary N) is 1. The van der Waals surface area contributed by atoms with Crippen LogP contribution in [-0.2, 0) is 17.8 Å². The topological polar surface area (TPSA) is 72.9 Å². The van der Waals surface area contributed by atoms with E-state index in [2.05, 4.69) is 10.5 Å². The average Bonchev–Trinajstić information content (AvgIpc) is 2.61. The van der Waals surface area contributed by atoms with Gasteiger partial charge in [-0.25, -0.2) is 5.84 Å². The maximum Gasteiger partial charge on any atom is 0.234 e. The zero-order chi connectivity index (χ0) is 9.68. The Hall–Kier alpha value is -1.36. The molecular weight excluding hydrogens is 168 g/mol. The number of hydrogen-bond donors (Lipinski definition) is 2. The molecule has 1 rings (SSSR count). The summed E-state index contributed by atoms with van der Waals surface area (Å²) in [7, 11) is 0. The Labute approximate surface area is 76.9 Å². The third-order valence-electron chi connectivity index (χ3n) is 1.81. The summed E-state index contributed by atoms with van der Waals surface area (Å²) in [5.41, 5.74) is 3.15. The molecule has 0 spiro atoms. The quantitative estimate of drug-likeness (QED) is 0.385. The van der Waals surface area contributed by atoms with Gasteiger partial charge in [0.1, 0.15) is 0 Å². The van der Waals surface area contributed by atoms with Crippen LogP contribution >= 0.6 is 0 Å². The summed E-state index contributed by atoms with van der Waals surface area (Å²) >= 11 is 0. The number of carbonyl (C=O) groups is 1. The van der Waals surface area contributed by atoms with E-state index in [9.17, 15) is 4.79 Å². The van der Waals surface area contributed by atoms with Crippen LogP contribution in [-0.4, -0.2) is 15.7 Å². The molecule has 0 aliphatic carbocycles. The molecule has 1 aromatic rings. The maximum atomic E-state index is 10.8. The van der Waals surface area contributed by atoms with E-state index in [-0.39, 0.29) is 5.91 Å². The first-order valence-corrected chi connectivity index (χ1v) is 4.27. The number of aryl methyl sites for hydroxylation is 2. The van der Waals surface area contributed by atoms with Crippen molar-refractivity contribution in [2.45, 2.75) is 26.3 Å². The van der Waals surface area contributed by atoms with Gasteiger partial charge < -0.3 is 0 Å². The van der Waals surface area contributed by atoms with E-state index in [1.807, 2.05) is 17.8 Å². The molecule has 1 heterocycles. The van der Waals surface area contributed by atoms with E-state index in [1.165, 1.54) is 0 Å². The highest BCUT2D eigenvalue weighted by molar-refractivity contribution is 5.75. The normalized spacial score (nSPS) is 10.0. The Kier molecular flexibility index (Phi) is 3.45. The fourth-order valence-electron chi connectivity index (χ4n) is 1.04. The highest BCUT2D eigenvalue weighted by Gasteiger charge is 2.01. The zero-order valence-electron chi connectivity index (χ0n) is 7.66. The number of hydrogen-bond acceptors (Lipinski definition) is 3. The van der Waals surface area contributed by atoms with Crippen molar-refractivity contribution in [2.24, 2.45) is 5.84 Å². The van der Waals surface area contributed by atoms with Crippen molar-refractivity contribution in [3.05, 3.63) is 18.0 Å². The second-order valence-corrected chi connectivity index (χ2v) is 2.77. The van der Waals surface area contributed by atoms with Crippen LogP contribution in [0, 0.1) is 0 Å². The summed E-state index contributed by atoms with van der Waals surface area (Å²) in [6.45, 7) is 2.87. The van der Waals surface area contributed by atoms with Gasteiger partial charge in [-0.3, -0.25) is 14.9 Å². The van der Waals surface area contributed by atoms with Crippen molar-refractivity contribution in [1.29, 1.82) is 0 Å². The monoisotopic (exact) mass is 182 g/mol. The highest BCUT2D eigenvalue weighted by Crippen LogP contribution is 2.01. The highest BCUT2D eigenvalue weighted by atomic mass is 16.2. The number of rotatable bonds is 4. The molecule has 0 unspecified atom stereocenters. The molecule has 0 aromatic carbocycles. The van der Waals surface area contributed by atoms with Gasteiger partial charge in [0.25, 0.3) is 0 Å². The minimum absolute atomic E-state index is 0.149. The summed E-state index contributed by atoms with van der Waals surface area (Å²) in [5, 5.41) is 4.09. The molecule has 0 atom stereocenters. The fourth-order valence-corrected chi connectivity index (χ4v) is 1.04. The zero-order valence-corrected chi connectivity index (χ0v) is 7.66. The molecule has 5 nitrogen and oxygen atoms in total. The van der Waals surface area contributed by atoms with Gasteiger partial charge in [0.15, 0.2) is 0 Å². The van der Waals surface area contributed by atoms with Crippen molar-refractivity contribution in [1.82, 2.24) is 15.2 Å². The Morgan fingerprint density at radius 2 is 2.54 bits per heavy atom. The van der Waals surface area contributed by atoms with E-state index in [4.69, 9.17) is 5.84 Å². The number of hydrazine groups is 1. The third-order valence-corrected chi connectivity index (χ3v) is 1.81. The Bertz CT molecular complexity index is 281. The average molecular weight is 182 g/mol. The van der Waals surface area contributed by atoms with Crippen molar-refractivity contribution < 1.29 is 4.79 Å². The van der Waals surface area contributed by atoms with Crippen LogP contribution in [0.25, 0.3) is 0 Å². The third kappa shape index (κ3) is 2.87. The summed E-state index contributed by atoms with van der Waals surface area (Å²) in [5.74, 6) is 4.80. The molecule has 5 heteroatoms. The predicted octanol–water partition coefficient (Wildman–Crippen LogP) is -0.174. The Balaban J connectivity index is 2.41. The first-order chi connectivity index (χ1) is 6.26. The minimum Gasteiger partial charge on any atom is -0.294 e. The lowest BCUT2D eigenvalue weighted by Gasteiger charge is -1.96. The largest absolute Gasteiger partial charge is 0.294 e. The molecule has 3 N–H and O–H groups in total. The van der Waals surface area contributed by atoms with Crippen LogP contribution in [0.5, 0.6) is 0 Å². The van der Waals surface area contributed by atoms with Crippen molar-refractivity contribution in [3.8, 4) is 0 Å². The van der Waals surface area contributed by atoms with Crippen molar-refractivity contribution >= 4 is 5.91 Å². The Morgan fingerprint density at radius 3 is 3.08 bits per heavy atom. The van der Waals surface area contributed by atoms with Gasteiger partial charge in [-0.05, 0) is 18.9 Å². The number of nitrogens with zero attached hydrogens (tertiary/aromatic N) is 2. The molecule has 1 amide bonds. The maximum absolute atomic E-state index is 10.8. The van der Waals surface area contributed by atoms with Gasteiger partial charge >= 0.3 is 0 Å². The molecule has 0 fully saturated rings. The first kappa shape index (κ1) is 9.73. The fraction of sp³-hybridized carbons (Fsp3) is 0.500. The molecule has 0 saturated carbocycles. The van der Waals surface area contributed by atoms with Crippen molar-refractivity contribution in [2.75, 3.05) is 0 Å². The Morgan fingerprint density at radius 1 is 1.77 bits per heavy atom. The van der Waals surface area contributed by atoms with Gasteiger partial charge in [0, 0.05) is 19.2 Å². The molecule has 0 radical (unpaired) electrons. The predicted molar refractivity (Wildman–Crippen MR) is 48.6 cm³/mol. The second-order valence-electron chi connectivity index (χ2n) is 2.77. The molecule has 1 aromatic heterocycles. The standard InChI is InChI=1S/C8H14N4O/c1-2-12-6-7(5-10-12)3-4-8(13)11-9/h5-6H,2-4,9H2,1H3,(H,11,13). The molecule has 13 heavy (non-hydrogen) atoms. The van der Waals surface area contributed by atoms with Crippen LogP contribution in [0.1, 0.15) is 18.9 Å². The summed E-state index contributed by atoms with van der Waals surface area (Å²) in [6, 6.07) is 0. The van der Waals surface area contributed by atoms with E-state index < -0.39 is 0 Å². The lowest BCUT2D eigenvalue weighted by Crippen LogP contribution is -2.30. The lowest BCUT2D eigenvalue weighted by molar-refractivity contribution is -0.121.